The molecule has 0 spiro atoms. The molecule has 3 nitrogen and oxygen atoms in total. The summed E-state index contributed by atoms with van der Waals surface area (Å²) in [5.74, 6) is -0.845. The maximum Gasteiger partial charge on any atom is 0.311 e. The molecule has 1 aromatic rings. The summed E-state index contributed by atoms with van der Waals surface area (Å²) in [6.45, 7) is 3.49. The molecule has 1 aromatic carbocycles. The molecule has 0 bridgehead atoms. The molecule has 0 radical (unpaired) electrons. The van der Waals surface area contributed by atoms with Crippen LogP contribution in [0.3, 0.4) is 0 Å². The number of aliphatic hydroxyl groups excluding tert-OH is 1. The fourth-order valence-electron chi connectivity index (χ4n) is 1.06. The molecule has 3 heteroatoms. The third-order valence-electron chi connectivity index (χ3n) is 2.32. The molecule has 0 aliphatic rings. The van der Waals surface area contributed by atoms with Crippen molar-refractivity contribution in [3.05, 3.63) is 35.9 Å². The zero-order chi connectivity index (χ0) is 11.3. The van der Waals surface area contributed by atoms with Crippen LogP contribution in [0, 0.1) is 5.92 Å². The molecule has 0 saturated heterocycles. The van der Waals surface area contributed by atoms with Gasteiger partial charge in [-0.1, -0.05) is 30.3 Å². The van der Waals surface area contributed by atoms with Gasteiger partial charge in [-0.3, -0.25) is 4.79 Å². The first-order valence-electron chi connectivity index (χ1n) is 5.00. The fraction of sp³-hybridized carbons (Fsp3) is 0.417. The van der Waals surface area contributed by atoms with Crippen LogP contribution in [-0.2, 0) is 16.1 Å². The Morgan fingerprint density at radius 3 is 2.47 bits per heavy atom. The predicted molar refractivity (Wildman–Crippen MR) is 57.1 cm³/mol. The molecule has 1 rings (SSSR count). The van der Waals surface area contributed by atoms with Crippen LogP contribution in [0.1, 0.15) is 19.4 Å². The van der Waals surface area contributed by atoms with Gasteiger partial charge in [0.25, 0.3) is 0 Å². The van der Waals surface area contributed by atoms with Gasteiger partial charge in [-0.15, -0.1) is 0 Å². The van der Waals surface area contributed by atoms with Crippen molar-refractivity contribution in [3.63, 3.8) is 0 Å². The average Bonchev–Trinajstić information content (AvgIpc) is 2.26. The topological polar surface area (TPSA) is 46.5 Å². The van der Waals surface area contributed by atoms with E-state index in [1.54, 1.807) is 13.8 Å². The van der Waals surface area contributed by atoms with Gasteiger partial charge in [0.2, 0.25) is 0 Å². The van der Waals surface area contributed by atoms with Crippen molar-refractivity contribution in [2.45, 2.75) is 26.6 Å². The van der Waals surface area contributed by atoms with E-state index in [2.05, 4.69) is 0 Å². The van der Waals surface area contributed by atoms with Gasteiger partial charge in [0.05, 0.1) is 12.0 Å². The van der Waals surface area contributed by atoms with Crippen LogP contribution in [0.25, 0.3) is 0 Å². The average molecular weight is 208 g/mol. The van der Waals surface area contributed by atoms with Crippen molar-refractivity contribution in [2.24, 2.45) is 5.92 Å². The minimum atomic E-state index is -0.673. The first-order valence-corrected chi connectivity index (χ1v) is 5.00. The second-order valence-corrected chi connectivity index (χ2v) is 3.62. The summed E-state index contributed by atoms with van der Waals surface area (Å²) < 4.78 is 5.05. The minimum Gasteiger partial charge on any atom is -0.461 e. The summed E-state index contributed by atoms with van der Waals surface area (Å²) in [5, 5.41) is 9.19. The summed E-state index contributed by atoms with van der Waals surface area (Å²) in [7, 11) is 0. The zero-order valence-electron chi connectivity index (χ0n) is 9.01. The molecule has 0 unspecified atom stereocenters. The number of ether oxygens (including phenoxy) is 1. The van der Waals surface area contributed by atoms with Gasteiger partial charge in [0.1, 0.15) is 6.61 Å². The summed E-state index contributed by atoms with van der Waals surface area (Å²) >= 11 is 0. The van der Waals surface area contributed by atoms with Crippen molar-refractivity contribution in [2.75, 3.05) is 0 Å². The second kappa shape index (κ2) is 5.51. The van der Waals surface area contributed by atoms with Gasteiger partial charge in [-0.2, -0.15) is 0 Å². The molecule has 0 fully saturated rings. The van der Waals surface area contributed by atoms with Crippen molar-refractivity contribution in [3.8, 4) is 0 Å². The maximum atomic E-state index is 11.4. The molecular weight excluding hydrogens is 192 g/mol. The maximum absolute atomic E-state index is 11.4. The number of benzene rings is 1. The summed E-state index contributed by atoms with van der Waals surface area (Å²) in [6.07, 6.45) is -0.673. The fourth-order valence-corrected chi connectivity index (χ4v) is 1.06. The van der Waals surface area contributed by atoms with Gasteiger partial charge >= 0.3 is 5.97 Å². The Labute approximate surface area is 89.7 Å². The number of esters is 1. The van der Waals surface area contributed by atoms with E-state index in [1.807, 2.05) is 30.3 Å². The lowest BCUT2D eigenvalue weighted by molar-refractivity contribution is -0.152. The Bertz CT molecular complexity index is 306. The van der Waals surface area contributed by atoms with Gasteiger partial charge in [0.15, 0.2) is 0 Å². The highest BCUT2D eigenvalue weighted by Gasteiger charge is 2.19. The van der Waals surface area contributed by atoms with E-state index in [-0.39, 0.29) is 12.6 Å². The number of carbonyl (C=O) groups is 1. The lowest BCUT2D eigenvalue weighted by Crippen LogP contribution is -2.24. The SMILES string of the molecule is C[C@H](C(=O)OCc1ccccc1)[C@@H](C)O. The van der Waals surface area contributed by atoms with Gasteiger partial charge in [-0.25, -0.2) is 0 Å². The van der Waals surface area contributed by atoms with E-state index >= 15 is 0 Å². The Morgan fingerprint density at radius 1 is 1.33 bits per heavy atom. The minimum absolute atomic E-state index is 0.261. The first kappa shape index (κ1) is 11.7. The highest BCUT2D eigenvalue weighted by atomic mass is 16.5. The van der Waals surface area contributed by atoms with Gasteiger partial charge in [-0.05, 0) is 19.4 Å². The number of aliphatic hydroxyl groups is 1. The van der Waals surface area contributed by atoms with Crippen LogP contribution in [-0.4, -0.2) is 17.2 Å². The monoisotopic (exact) mass is 208 g/mol. The number of rotatable bonds is 4. The Balaban J connectivity index is 2.41. The van der Waals surface area contributed by atoms with Gasteiger partial charge in [0, 0.05) is 0 Å². The molecule has 0 saturated carbocycles. The van der Waals surface area contributed by atoms with Crippen molar-refractivity contribution < 1.29 is 14.6 Å². The van der Waals surface area contributed by atoms with E-state index in [4.69, 9.17) is 4.74 Å². The molecule has 82 valence electrons. The van der Waals surface area contributed by atoms with Crippen LogP contribution in [0.15, 0.2) is 30.3 Å². The highest BCUT2D eigenvalue weighted by molar-refractivity contribution is 5.72. The Morgan fingerprint density at radius 2 is 1.93 bits per heavy atom. The molecule has 15 heavy (non-hydrogen) atoms. The number of hydrogen-bond acceptors (Lipinski definition) is 3. The molecule has 0 amide bonds. The standard InChI is InChI=1S/C12H16O3/c1-9(10(2)13)12(14)15-8-11-6-4-3-5-7-11/h3-7,9-10,13H,8H2,1-2H3/t9-,10+/m0/s1. The van der Waals surface area contributed by atoms with E-state index in [1.165, 1.54) is 0 Å². The lowest BCUT2D eigenvalue weighted by Gasteiger charge is -2.13. The van der Waals surface area contributed by atoms with E-state index in [0.717, 1.165) is 5.56 Å². The zero-order valence-corrected chi connectivity index (χ0v) is 9.01. The van der Waals surface area contributed by atoms with Crippen molar-refractivity contribution in [1.29, 1.82) is 0 Å². The molecular formula is C12H16O3. The molecule has 0 aliphatic carbocycles. The summed E-state index contributed by atoms with van der Waals surface area (Å²) in [6, 6.07) is 9.47. The second-order valence-electron chi connectivity index (χ2n) is 3.62. The van der Waals surface area contributed by atoms with Crippen LogP contribution >= 0.6 is 0 Å². The van der Waals surface area contributed by atoms with Crippen LogP contribution in [0.2, 0.25) is 0 Å². The van der Waals surface area contributed by atoms with E-state index < -0.39 is 12.0 Å². The summed E-state index contributed by atoms with van der Waals surface area (Å²) in [5.41, 5.74) is 0.948. The molecule has 2 atom stereocenters. The molecule has 1 N–H and O–H groups in total. The predicted octanol–water partition coefficient (Wildman–Crippen LogP) is 1.75. The smallest absolute Gasteiger partial charge is 0.311 e. The van der Waals surface area contributed by atoms with E-state index in [0.29, 0.717) is 0 Å². The quantitative estimate of drug-likeness (QED) is 0.767. The van der Waals surface area contributed by atoms with Gasteiger partial charge < -0.3 is 9.84 Å². The van der Waals surface area contributed by atoms with Crippen molar-refractivity contribution in [1.82, 2.24) is 0 Å². The normalized spacial score (nSPS) is 14.3. The highest BCUT2D eigenvalue weighted by Crippen LogP contribution is 2.07. The number of hydrogen-bond donors (Lipinski definition) is 1. The molecule has 0 aliphatic heterocycles. The van der Waals surface area contributed by atoms with Crippen molar-refractivity contribution >= 4 is 5.97 Å². The van der Waals surface area contributed by atoms with Crippen LogP contribution in [0.5, 0.6) is 0 Å². The molecule has 0 heterocycles. The van der Waals surface area contributed by atoms with Crippen LogP contribution in [0.4, 0.5) is 0 Å². The molecule has 0 aromatic heterocycles. The summed E-state index contributed by atoms with van der Waals surface area (Å²) in [4.78, 5) is 11.4. The van der Waals surface area contributed by atoms with Crippen LogP contribution < -0.4 is 0 Å². The lowest BCUT2D eigenvalue weighted by atomic mass is 10.1. The largest absolute Gasteiger partial charge is 0.461 e. The number of carbonyl (C=O) groups excluding carboxylic acids is 1. The van der Waals surface area contributed by atoms with E-state index in [9.17, 15) is 9.90 Å². The Hall–Kier alpha value is -1.35. The first-order chi connectivity index (χ1) is 7.11. The third kappa shape index (κ3) is 3.72. The Kier molecular flexibility index (Phi) is 4.31. The third-order valence-corrected chi connectivity index (χ3v) is 2.32.